The summed E-state index contributed by atoms with van der Waals surface area (Å²) in [6, 6.07) is 18.6. The Morgan fingerprint density at radius 1 is 1.21 bits per heavy atom. The maximum atomic E-state index is 12.2. The number of benzene rings is 2. The van der Waals surface area contributed by atoms with Crippen molar-refractivity contribution in [3.05, 3.63) is 65.2 Å². The van der Waals surface area contributed by atoms with Crippen LogP contribution in [-0.2, 0) is 21.8 Å². The topological polar surface area (TPSA) is 54.5 Å². The molecule has 2 aromatic carbocycles. The van der Waals surface area contributed by atoms with Gasteiger partial charge in [-0.05, 0) is 17.7 Å². The van der Waals surface area contributed by atoms with Gasteiger partial charge in [0, 0.05) is 31.9 Å². The van der Waals surface area contributed by atoms with Gasteiger partial charge in [-0.2, -0.15) is 0 Å². The van der Waals surface area contributed by atoms with Crippen LogP contribution in [0.5, 0.6) is 0 Å². The smallest absolute Gasteiger partial charge is 0.230 e. The molecule has 1 fully saturated rings. The molecular weight excluding hydrogens is 402 g/mol. The molecule has 1 atom stereocenters. The minimum absolute atomic E-state index is 0.0469. The highest BCUT2D eigenvalue weighted by molar-refractivity contribution is 7.99. The van der Waals surface area contributed by atoms with Crippen molar-refractivity contribution in [3.63, 3.8) is 0 Å². The lowest BCUT2D eigenvalue weighted by molar-refractivity contribution is -0.119. The molecule has 5 nitrogen and oxygen atoms in total. The molecule has 0 spiro atoms. The molecule has 1 saturated heterocycles. The lowest BCUT2D eigenvalue weighted by atomic mass is 10.2. The molecular formula is C22H25N3O2S2. The number of aromatic nitrogens is 1. The van der Waals surface area contributed by atoms with Crippen LogP contribution in [0.15, 0.2) is 54.6 Å². The zero-order chi connectivity index (χ0) is 19.9. The minimum atomic E-state index is 0.0469. The third-order valence-electron chi connectivity index (χ3n) is 4.80. The second kappa shape index (κ2) is 10.2. The Kier molecular flexibility index (Phi) is 7.16. The molecule has 1 N–H and O–H groups in total. The van der Waals surface area contributed by atoms with Crippen molar-refractivity contribution in [1.29, 1.82) is 0 Å². The highest BCUT2D eigenvalue weighted by Crippen LogP contribution is 2.24. The van der Waals surface area contributed by atoms with Gasteiger partial charge in [-0.25, -0.2) is 4.98 Å². The lowest BCUT2D eigenvalue weighted by Gasteiger charge is -2.33. The first kappa shape index (κ1) is 20.3. The van der Waals surface area contributed by atoms with E-state index in [4.69, 9.17) is 4.74 Å². The van der Waals surface area contributed by atoms with E-state index in [-0.39, 0.29) is 12.0 Å². The van der Waals surface area contributed by atoms with E-state index in [1.54, 1.807) is 23.1 Å². The van der Waals surface area contributed by atoms with Gasteiger partial charge in [0.2, 0.25) is 5.91 Å². The summed E-state index contributed by atoms with van der Waals surface area (Å²) >= 11 is 3.30. The summed E-state index contributed by atoms with van der Waals surface area (Å²) in [7, 11) is 0. The summed E-state index contributed by atoms with van der Waals surface area (Å²) in [4.78, 5) is 19.2. The second-order valence-corrected chi connectivity index (χ2v) is 9.19. The van der Waals surface area contributed by atoms with E-state index in [1.165, 1.54) is 10.3 Å². The highest BCUT2D eigenvalue weighted by atomic mass is 32.2. The number of nitrogens with one attached hydrogen (secondary N) is 1. The maximum Gasteiger partial charge on any atom is 0.230 e. The number of fused-ring (bicyclic) bond motifs is 1. The number of carbonyl (C=O) groups is 1. The molecule has 1 amide bonds. The van der Waals surface area contributed by atoms with Crippen molar-refractivity contribution in [3.8, 4) is 0 Å². The first-order valence-electron chi connectivity index (χ1n) is 9.83. The molecule has 0 radical (unpaired) electrons. The van der Waals surface area contributed by atoms with E-state index in [1.807, 2.05) is 24.3 Å². The number of para-hydroxylation sites is 1. The van der Waals surface area contributed by atoms with Crippen LogP contribution in [0.1, 0.15) is 10.6 Å². The second-order valence-electron chi connectivity index (χ2n) is 7.09. The van der Waals surface area contributed by atoms with Gasteiger partial charge >= 0.3 is 0 Å². The van der Waals surface area contributed by atoms with Crippen molar-refractivity contribution in [2.45, 2.75) is 18.4 Å². The monoisotopic (exact) mass is 427 g/mol. The number of thiazole rings is 1. The number of ether oxygens (including phenoxy) is 1. The van der Waals surface area contributed by atoms with Crippen LogP contribution >= 0.6 is 23.1 Å². The van der Waals surface area contributed by atoms with Crippen molar-refractivity contribution in [2.75, 3.05) is 32.0 Å². The largest absolute Gasteiger partial charge is 0.374 e. The molecule has 29 heavy (non-hydrogen) atoms. The summed E-state index contributed by atoms with van der Waals surface area (Å²) in [5.41, 5.74) is 2.34. The van der Waals surface area contributed by atoms with E-state index < -0.39 is 0 Å². The quantitative estimate of drug-likeness (QED) is 0.596. The average Bonchev–Trinajstić information content (AvgIpc) is 3.16. The molecule has 1 aliphatic heterocycles. The molecule has 152 valence electrons. The standard InChI is InChI=1S/C22H25N3O2S2/c26-21(15-28-16-22-24-19-8-4-5-9-20(19)29-22)23-12-18-14-25(10-11-27-18)13-17-6-2-1-3-7-17/h1-9,18H,10-16H2,(H,23,26). The Morgan fingerprint density at radius 3 is 2.90 bits per heavy atom. The number of hydrogen-bond donors (Lipinski definition) is 1. The maximum absolute atomic E-state index is 12.2. The third kappa shape index (κ3) is 6.02. The van der Waals surface area contributed by atoms with Gasteiger partial charge in [-0.3, -0.25) is 9.69 Å². The van der Waals surface area contributed by atoms with Gasteiger partial charge in [0.05, 0.1) is 28.7 Å². The van der Waals surface area contributed by atoms with E-state index in [0.717, 1.165) is 35.9 Å². The molecule has 3 aromatic rings. The molecule has 2 heterocycles. The fraction of sp³-hybridized carbons (Fsp3) is 0.364. The minimum Gasteiger partial charge on any atom is -0.374 e. The van der Waals surface area contributed by atoms with Crippen LogP contribution < -0.4 is 5.32 Å². The van der Waals surface area contributed by atoms with Gasteiger partial charge in [-0.1, -0.05) is 42.5 Å². The molecule has 1 aliphatic rings. The number of nitrogens with zero attached hydrogens (tertiary/aromatic N) is 2. The fourth-order valence-electron chi connectivity index (χ4n) is 3.38. The first-order valence-corrected chi connectivity index (χ1v) is 11.8. The predicted molar refractivity (Wildman–Crippen MR) is 120 cm³/mol. The zero-order valence-electron chi connectivity index (χ0n) is 16.3. The van der Waals surface area contributed by atoms with Crippen molar-refractivity contribution < 1.29 is 9.53 Å². The van der Waals surface area contributed by atoms with Crippen LogP contribution in [-0.4, -0.2) is 53.9 Å². The molecule has 0 bridgehead atoms. The van der Waals surface area contributed by atoms with Crippen molar-refractivity contribution >= 4 is 39.2 Å². The van der Waals surface area contributed by atoms with E-state index in [9.17, 15) is 4.79 Å². The van der Waals surface area contributed by atoms with Crippen molar-refractivity contribution in [1.82, 2.24) is 15.2 Å². The number of morpholine rings is 1. The van der Waals surface area contributed by atoms with Gasteiger partial charge in [0.25, 0.3) is 0 Å². The van der Waals surface area contributed by atoms with Crippen LogP contribution in [0, 0.1) is 0 Å². The zero-order valence-corrected chi connectivity index (χ0v) is 17.9. The fourth-order valence-corrected chi connectivity index (χ4v) is 5.26. The summed E-state index contributed by atoms with van der Waals surface area (Å²) in [6.45, 7) is 3.96. The van der Waals surface area contributed by atoms with Crippen LogP contribution in [0.25, 0.3) is 10.2 Å². The van der Waals surface area contributed by atoms with Gasteiger partial charge < -0.3 is 10.1 Å². The molecule has 7 heteroatoms. The lowest BCUT2D eigenvalue weighted by Crippen LogP contribution is -2.47. The summed E-state index contributed by atoms with van der Waals surface area (Å²) in [5.74, 6) is 1.26. The Balaban J connectivity index is 1.16. The SMILES string of the molecule is O=C(CSCc1nc2ccccc2s1)NCC1CN(Cc2ccccc2)CCO1. The summed E-state index contributed by atoms with van der Waals surface area (Å²) in [5, 5.41) is 4.09. The third-order valence-corrected chi connectivity index (χ3v) is 6.96. The average molecular weight is 428 g/mol. The Labute approximate surface area is 179 Å². The van der Waals surface area contributed by atoms with Crippen LogP contribution in [0.3, 0.4) is 0 Å². The van der Waals surface area contributed by atoms with Gasteiger partial charge in [-0.15, -0.1) is 23.1 Å². The Bertz CT molecular complexity index is 899. The predicted octanol–water partition coefficient (Wildman–Crippen LogP) is 3.55. The molecule has 1 aromatic heterocycles. The first-order chi connectivity index (χ1) is 14.3. The van der Waals surface area contributed by atoms with E-state index in [0.29, 0.717) is 18.9 Å². The number of thioether (sulfide) groups is 1. The number of rotatable bonds is 8. The normalized spacial score (nSPS) is 17.4. The van der Waals surface area contributed by atoms with Crippen LogP contribution in [0.4, 0.5) is 0 Å². The Hall–Kier alpha value is -1.93. The van der Waals surface area contributed by atoms with Crippen molar-refractivity contribution in [2.24, 2.45) is 0 Å². The number of hydrogen-bond acceptors (Lipinski definition) is 6. The Morgan fingerprint density at radius 2 is 2.03 bits per heavy atom. The molecule has 1 unspecified atom stereocenters. The summed E-state index contributed by atoms with van der Waals surface area (Å²) in [6.07, 6.45) is 0.0469. The van der Waals surface area contributed by atoms with Gasteiger partial charge in [0.1, 0.15) is 5.01 Å². The number of amides is 1. The highest BCUT2D eigenvalue weighted by Gasteiger charge is 2.21. The molecule has 0 aliphatic carbocycles. The van der Waals surface area contributed by atoms with Gasteiger partial charge in [0.15, 0.2) is 0 Å². The van der Waals surface area contributed by atoms with E-state index in [2.05, 4.69) is 45.5 Å². The molecule has 4 rings (SSSR count). The van der Waals surface area contributed by atoms with Crippen LogP contribution in [0.2, 0.25) is 0 Å². The summed E-state index contributed by atoms with van der Waals surface area (Å²) < 4.78 is 7.03. The molecule has 0 saturated carbocycles. The van der Waals surface area contributed by atoms with E-state index >= 15 is 0 Å². The number of carbonyl (C=O) groups excluding carboxylic acids is 1.